The van der Waals surface area contributed by atoms with Crippen LogP contribution in [0.1, 0.15) is 33.6 Å². The zero-order valence-electron chi connectivity index (χ0n) is 15.8. The fraction of sp³-hybridized carbons (Fsp3) is 0.429. The summed E-state index contributed by atoms with van der Waals surface area (Å²) < 4.78 is 6.14. The number of hydrogen-bond acceptors (Lipinski definition) is 5. The number of nitrogens with zero attached hydrogens (tertiary/aromatic N) is 3. The van der Waals surface area contributed by atoms with E-state index in [4.69, 9.17) is 10.5 Å². The molecule has 0 radical (unpaired) electrons. The lowest BCUT2D eigenvalue weighted by atomic mass is 10.1. The molecular weight excluding hydrogens is 340 g/mol. The Morgan fingerprint density at radius 2 is 1.96 bits per heavy atom. The highest BCUT2D eigenvalue weighted by Crippen LogP contribution is 2.31. The first-order valence-electron chi connectivity index (χ1n) is 9.59. The zero-order chi connectivity index (χ0) is 18.8. The lowest BCUT2D eigenvalue weighted by Gasteiger charge is -2.32. The molecule has 1 saturated heterocycles. The number of ether oxygens (including phenoxy) is 1. The second kappa shape index (κ2) is 7.66. The van der Waals surface area contributed by atoms with Crippen LogP contribution in [0.4, 0.5) is 0 Å². The monoisotopic (exact) mass is 366 g/mol. The molecule has 6 nitrogen and oxygen atoms in total. The van der Waals surface area contributed by atoms with Gasteiger partial charge in [0.2, 0.25) is 5.88 Å². The normalized spacial score (nSPS) is 17.7. The summed E-state index contributed by atoms with van der Waals surface area (Å²) in [6.07, 6.45) is 2.93. The van der Waals surface area contributed by atoms with Crippen LogP contribution >= 0.6 is 0 Å². The van der Waals surface area contributed by atoms with Crippen molar-refractivity contribution in [3.05, 3.63) is 52.7 Å². The van der Waals surface area contributed by atoms with Gasteiger partial charge in [-0.3, -0.25) is 9.69 Å². The molecule has 2 aromatic rings. The predicted molar refractivity (Wildman–Crippen MR) is 104 cm³/mol. The Morgan fingerprint density at radius 3 is 2.74 bits per heavy atom. The van der Waals surface area contributed by atoms with Gasteiger partial charge in [-0.25, -0.2) is 4.98 Å². The van der Waals surface area contributed by atoms with Crippen LogP contribution in [0.2, 0.25) is 0 Å². The van der Waals surface area contributed by atoms with Crippen LogP contribution in [-0.4, -0.2) is 53.9 Å². The van der Waals surface area contributed by atoms with Crippen molar-refractivity contribution >= 4 is 5.91 Å². The summed E-state index contributed by atoms with van der Waals surface area (Å²) in [5.41, 5.74) is 9.19. The third kappa shape index (κ3) is 3.96. The number of likely N-dealkylation sites (N-methyl/N-ethyl adjacent to an activating group) is 1. The maximum atomic E-state index is 11.9. The van der Waals surface area contributed by atoms with Crippen LogP contribution in [0.3, 0.4) is 0 Å². The van der Waals surface area contributed by atoms with Gasteiger partial charge in [-0.05, 0) is 44.0 Å². The number of rotatable bonds is 5. The summed E-state index contributed by atoms with van der Waals surface area (Å²) in [7, 11) is 2.15. The van der Waals surface area contributed by atoms with Gasteiger partial charge in [0.25, 0.3) is 5.91 Å². The summed E-state index contributed by atoms with van der Waals surface area (Å²) in [6, 6.07) is 9.83. The van der Waals surface area contributed by atoms with Gasteiger partial charge in [-0.2, -0.15) is 0 Å². The van der Waals surface area contributed by atoms with Crippen molar-refractivity contribution in [2.24, 2.45) is 5.73 Å². The van der Waals surface area contributed by atoms with Crippen LogP contribution in [0.25, 0.3) is 0 Å². The van der Waals surface area contributed by atoms with E-state index >= 15 is 0 Å². The lowest BCUT2D eigenvalue weighted by Crippen LogP contribution is -2.43. The first-order chi connectivity index (χ1) is 13.1. The van der Waals surface area contributed by atoms with Gasteiger partial charge in [0, 0.05) is 44.0 Å². The van der Waals surface area contributed by atoms with Crippen molar-refractivity contribution in [3.63, 3.8) is 0 Å². The number of fused-ring (bicyclic) bond motifs is 1. The standard InChI is InChI=1S/C21H26N4O2/c1-24-9-11-25(12-10-24)14-16-5-2-3-8-19(16)27-21-17(20(22)26)13-15-6-4-7-18(15)23-21/h2-3,5,8,13H,4,6-7,9-12,14H2,1H3,(H2,22,26). The average Bonchev–Trinajstić information content (AvgIpc) is 3.12. The van der Waals surface area contributed by atoms with Gasteiger partial charge in [0.05, 0.1) is 0 Å². The Kier molecular flexibility index (Phi) is 5.09. The number of primary amides is 1. The first kappa shape index (κ1) is 17.9. The summed E-state index contributed by atoms with van der Waals surface area (Å²) in [6.45, 7) is 5.03. The van der Waals surface area contributed by atoms with Crippen molar-refractivity contribution in [1.29, 1.82) is 0 Å². The van der Waals surface area contributed by atoms with Crippen molar-refractivity contribution in [1.82, 2.24) is 14.8 Å². The van der Waals surface area contributed by atoms with Crippen molar-refractivity contribution in [2.45, 2.75) is 25.8 Å². The van der Waals surface area contributed by atoms with E-state index in [-0.39, 0.29) is 0 Å². The molecule has 27 heavy (non-hydrogen) atoms. The molecule has 2 N–H and O–H groups in total. The van der Waals surface area contributed by atoms with E-state index in [0.717, 1.165) is 74.6 Å². The van der Waals surface area contributed by atoms with Crippen LogP contribution in [-0.2, 0) is 19.4 Å². The predicted octanol–water partition coefficient (Wildman–Crippen LogP) is 2.21. The average molecular weight is 366 g/mol. The highest BCUT2D eigenvalue weighted by atomic mass is 16.5. The molecule has 0 spiro atoms. The quantitative estimate of drug-likeness (QED) is 0.878. The zero-order valence-corrected chi connectivity index (χ0v) is 15.8. The number of amides is 1. The molecule has 0 atom stereocenters. The number of aromatic nitrogens is 1. The van der Waals surface area contributed by atoms with Crippen LogP contribution < -0.4 is 10.5 Å². The Balaban J connectivity index is 1.59. The number of carbonyl (C=O) groups is 1. The summed E-state index contributed by atoms with van der Waals surface area (Å²) in [5.74, 6) is 0.571. The molecule has 142 valence electrons. The number of para-hydroxylation sites is 1. The van der Waals surface area contributed by atoms with Gasteiger partial charge in [0.15, 0.2) is 0 Å². The molecule has 0 saturated carbocycles. The lowest BCUT2D eigenvalue weighted by molar-refractivity contribution is 0.0997. The van der Waals surface area contributed by atoms with E-state index in [1.54, 1.807) is 0 Å². The largest absolute Gasteiger partial charge is 0.438 e. The van der Waals surface area contributed by atoms with Crippen LogP contribution in [0, 0.1) is 0 Å². The minimum absolute atomic E-state index is 0.328. The minimum atomic E-state index is -0.497. The molecule has 1 aliphatic heterocycles. The molecule has 1 aromatic heterocycles. The van der Waals surface area contributed by atoms with E-state index in [1.165, 1.54) is 0 Å². The smallest absolute Gasteiger partial charge is 0.254 e. The summed E-state index contributed by atoms with van der Waals surface area (Å²) >= 11 is 0. The number of nitrogens with two attached hydrogens (primary N) is 1. The Bertz CT molecular complexity index is 844. The molecule has 4 rings (SSSR count). The molecule has 0 unspecified atom stereocenters. The number of pyridine rings is 1. The van der Waals surface area contributed by atoms with Gasteiger partial charge in [0.1, 0.15) is 11.3 Å². The van der Waals surface area contributed by atoms with Gasteiger partial charge in [-0.1, -0.05) is 18.2 Å². The van der Waals surface area contributed by atoms with Gasteiger partial charge in [-0.15, -0.1) is 0 Å². The van der Waals surface area contributed by atoms with E-state index < -0.39 is 5.91 Å². The molecule has 1 fully saturated rings. The highest BCUT2D eigenvalue weighted by molar-refractivity contribution is 5.95. The van der Waals surface area contributed by atoms with E-state index in [1.807, 2.05) is 24.3 Å². The number of piperazine rings is 1. The second-order valence-corrected chi connectivity index (χ2v) is 7.45. The fourth-order valence-corrected chi connectivity index (χ4v) is 3.79. The minimum Gasteiger partial charge on any atom is -0.438 e. The Hall–Kier alpha value is -2.44. The van der Waals surface area contributed by atoms with Crippen molar-refractivity contribution in [3.8, 4) is 11.6 Å². The SMILES string of the molecule is CN1CCN(Cc2ccccc2Oc2nc3c(cc2C(N)=O)CCC3)CC1. The molecule has 2 aliphatic rings. The van der Waals surface area contributed by atoms with Gasteiger partial charge >= 0.3 is 0 Å². The van der Waals surface area contributed by atoms with Crippen LogP contribution in [0.5, 0.6) is 11.6 Å². The van der Waals surface area contributed by atoms with Gasteiger partial charge < -0.3 is 15.4 Å². The maximum Gasteiger partial charge on any atom is 0.254 e. The van der Waals surface area contributed by atoms with Crippen molar-refractivity contribution < 1.29 is 9.53 Å². The fourth-order valence-electron chi connectivity index (χ4n) is 3.79. The topological polar surface area (TPSA) is 71.7 Å². The number of hydrogen-bond donors (Lipinski definition) is 1. The number of aryl methyl sites for hydroxylation is 2. The molecular formula is C21H26N4O2. The Morgan fingerprint density at radius 1 is 1.19 bits per heavy atom. The van der Waals surface area contributed by atoms with E-state index in [9.17, 15) is 4.79 Å². The number of carbonyl (C=O) groups excluding carboxylic acids is 1. The highest BCUT2D eigenvalue weighted by Gasteiger charge is 2.22. The second-order valence-electron chi connectivity index (χ2n) is 7.45. The van der Waals surface area contributed by atoms with E-state index in [0.29, 0.717) is 11.4 Å². The molecule has 1 aromatic carbocycles. The molecule has 1 amide bonds. The third-order valence-electron chi connectivity index (χ3n) is 5.45. The molecule has 6 heteroatoms. The molecule has 2 heterocycles. The molecule has 1 aliphatic carbocycles. The van der Waals surface area contributed by atoms with Crippen LogP contribution in [0.15, 0.2) is 30.3 Å². The van der Waals surface area contributed by atoms with E-state index in [2.05, 4.69) is 27.9 Å². The third-order valence-corrected chi connectivity index (χ3v) is 5.45. The molecule has 0 bridgehead atoms. The summed E-state index contributed by atoms with van der Waals surface area (Å²) in [4.78, 5) is 21.3. The first-order valence-corrected chi connectivity index (χ1v) is 9.59. The maximum absolute atomic E-state index is 11.9. The summed E-state index contributed by atoms with van der Waals surface area (Å²) in [5, 5.41) is 0. The van der Waals surface area contributed by atoms with Crippen molar-refractivity contribution in [2.75, 3.05) is 33.2 Å². The Labute approximate surface area is 159 Å². The number of benzene rings is 1.